The fraction of sp³-hybridized carbons (Fsp3) is 0. The molecule has 18 heavy (non-hydrogen) atoms. The van der Waals surface area contributed by atoms with Crippen LogP contribution in [0.15, 0.2) is 47.6 Å². The van der Waals surface area contributed by atoms with Gasteiger partial charge in [0, 0.05) is 11.3 Å². The van der Waals surface area contributed by atoms with Gasteiger partial charge in [0.05, 0.1) is 16.7 Å². The van der Waals surface area contributed by atoms with Gasteiger partial charge in [-0.3, -0.25) is 0 Å². The van der Waals surface area contributed by atoms with Gasteiger partial charge in [-0.25, -0.2) is 10.5 Å². The largest absolute Gasteiger partial charge is 0.399 e. The second-order valence-corrected chi connectivity index (χ2v) is 4.02. The van der Waals surface area contributed by atoms with E-state index in [9.17, 15) is 0 Å². The summed E-state index contributed by atoms with van der Waals surface area (Å²) in [7, 11) is 0. The van der Waals surface area contributed by atoms with Gasteiger partial charge < -0.3 is 10.7 Å². The van der Waals surface area contributed by atoms with Crippen molar-refractivity contribution in [3.8, 4) is 11.4 Å². The van der Waals surface area contributed by atoms with Crippen molar-refractivity contribution in [1.82, 2.24) is 9.97 Å². The van der Waals surface area contributed by atoms with Crippen LogP contribution < -0.4 is 5.73 Å². The van der Waals surface area contributed by atoms with Crippen LogP contribution in [0.1, 0.15) is 0 Å². The number of nitrogens with two attached hydrogens (primary N) is 1. The summed E-state index contributed by atoms with van der Waals surface area (Å²) in [6, 6.07) is 12.9. The van der Waals surface area contributed by atoms with Crippen LogP contribution in [-0.4, -0.2) is 9.97 Å². The molecule has 0 fully saturated rings. The van der Waals surface area contributed by atoms with E-state index in [0.29, 0.717) is 5.69 Å². The van der Waals surface area contributed by atoms with Gasteiger partial charge in [-0.05, 0) is 42.5 Å². The van der Waals surface area contributed by atoms with Gasteiger partial charge in [0.2, 0.25) is 0 Å². The van der Waals surface area contributed by atoms with E-state index in [4.69, 9.17) is 11.3 Å². The van der Waals surface area contributed by atoms with Gasteiger partial charge in [-0.1, -0.05) is 0 Å². The smallest absolute Gasteiger partial charge is 0.138 e. The second-order valence-electron chi connectivity index (χ2n) is 4.02. The molecule has 5 nitrogen and oxygen atoms in total. The summed E-state index contributed by atoms with van der Waals surface area (Å²) >= 11 is 0. The summed E-state index contributed by atoms with van der Waals surface area (Å²) in [6.45, 7) is 0. The molecule has 0 aliphatic heterocycles. The van der Waals surface area contributed by atoms with Crippen molar-refractivity contribution in [3.05, 3.63) is 42.5 Å². The molecule has 0 saturated carbocycles. The molecule has 3 aromatic rings. The number of benzene rings is 2. The van der Waals surface area contributed by atoms with Crippen LogP contribution in [-0.2, 0) is 0 Å². The first kappa shape index (κ1) is 10.5. The Bertz CT molecular complexity index is 712. The summed E-state index contributed by atoms with van der Waals surface area (Å²) in [6.07, 6.45) is 0. The Morgan fingerprint density at radius 1 is 1.11 bits per heavy atom. The lowest BCUT2D eigenvalue weighted by molar-refractivity contribution is 1.15. The SMILES string of the molecule is N=Nc1ccc2nc(-c3ccc(N)cc3)[nH]c2c1. The van der Waals surface area contributed by atoms with Crippen molar-refractivity contribution in [3.63, 3.8) is 0 Å². The molecular formula is C13H11N5. The number of aromatic amines is 1. The summed E-state index contributed by atoms with van der Waals surface area (Å²) in [5.74, 6) is 0.784. The highest BCUT2D eigenvalue weighted by atomic mass is 15.0. The predicted molar refractivity (Wildman–Crippen MR) is 70.7 cm³/mol. The average Bonchev–Trinajstić information content (AvgIpc) is 2.82. The third kappa shape index (κ3) is 1.71. The number of hydrogen-bond acceptors (Lipinski definition) is 4. The zero-order chi connectivity index (χ0) is 12.5. The Morgan fingerprint density at radius 2 is 1.89 bits per heavy atom. The monoisotopic (exact) mass is 237 g/mol. The molecule has 4 N–H and O–H groups in total. The number of fused-ring (bicyclic) bond motifs is 1. The fourth-order valence-electron chi connectivity index (χ4n) is 1.84. The van der Waals surface area contributed by atoms with Crippen molar-refractivity contribution >= 4 is 22.4 Å². The number of rotatable bonds is 2. The van der Waals surface area contributed by atoms with Gasteiger partial charge in [0.25, 0.3) is 0 Å². The average molecular weight is 237 g/mol. The maximum absolute atomic E-state index is 6.99. The van der Waals surface area contributed by atoms with Crippen LogP contribution in [0.2, 0.25) is 0 Å². The molecule has 0 aliphatic rings. The van der Waals surface area contributed by atoms with Crippen LogP contribution in [0.5, 0.6) is 0 Å². The Morgan fingerprint density at radius 3 is 2.61 bits per heavy atom. The number of H-pyrrole nitrogens is 1. The summed E-state index contributed by atoms with van der Waals surface area (Å²) in [4.78, 5) is 7.70. The first-order valence-corrected chi connectivity index (χ1v) is 5.49. The molecule has 1 aromatic heterocycles. The zero-order valence-electron chi connectivity index (χ0n) is 9.51. The van der Waals surface area contributed by atoms with E-state index in [0.717, 1.165) is 28.1 Å². The Balaban J connectivity index is 2.12. The van der Waals surface area contributed by atoms with Crippen molar-refractivity contribution < 1.29 is 0 Å². The minimum absolute atomic E-state index is 0.606. The Labute approximate surface area is 103 Å². The van der Waals surface area contributed by atoms with E-state index < -0.39 is 0 Å². The number of hydrogen-bond donors (Lipinski definition) is 3. The van der Waals surface area contributed by atoms with Crippen LogP contribution in [0.25, 0.3) is 22.4 Å². The number of aromatic nitrogens is 2. The van der Waals surface area contributed by atoms with Crippen LogP contribution in [0.4, 0.5) is 11.4 Å². The summed E-state index contributed by atoms with van der Waals surface area (Å²) in [5, 5.41) is 3.40. The normalized spacial score (nSPS) is 10.7. The molecular weight excluding hydrogens is 226 g/mol. The van der Waals surface area contributed by atoms with Gasteiger partial charge in [-0.2, -0.15) is 5.11 Å². The van der Waals surface area contributed by atoms with Gasteiger partial charge >= 0.3 is 0 Å². The lowest BCUT2D eigenvalue weighted by atomic mass is 10.2. The van der Waals surface area contributed by atoms with Crippen LogP contribution in [0, 0.1) is 5.53 Å². The molecule has 0 radical (unpaired) electrons. The topological polar surface area (TPSA) is 90.9 Å². The quantitative estimate of drug-likeness (QED) is 0.470. The maximum atomic E-state index is 6.99. The molecule has 88 valence electrons. The van der Waals surface area contributed by atoms with E-state index in [1.54, 1.807) is 12.1 Å². The van der Waals surface area contributed by atoms with Crippen molar-refractivity contribution in [1.29, 1.82) is 5.53 Å². The minimum Gasteiger partial charge on any atom is -0.399 e. The molecule has 0 spiro atoms. The highest BCUT2D eigenvalue weighted by Gasteiger charge is 2.05. The Kier molecular flexibility index (Phi) is 2.30. The van der Waals surface area contributed by atoms with Crippen LogP contribution >= 0.6 is 0 Å². The molecule has 0 bridgehead atoms. The van der Waals surface area contributed by atoms with Gasteiger partial charge in [0.15, 0.2) is 0 Å². The molecule has 0 amide bonds. The second kappa shape index (κ2) is 3.96. The first-order chi connectivity index (χ1) is 8.76. The molecule has 3 rings (SSSR count). The van der Waals surface area contributed by atoms with Crippen molar-refractivity contribution in [2.24, 2.45) is 5.11 Å². The molecule has 0 aliphatic carbocycles. The highest BCUT2D eigenvalue weighted by Crippen LogP contribution is 2.24. The van der Waals surface area contributed by atoms with E-state index in [1.165, 1.54) is 0 Å². The zero-order valence-corrected chi connectivity index (χ0v) is 9.51. The number of anilines is 1. The van der Waals surface area contributed by atoms with E-state index in [-0.39, 0.29) is 0 Å². The summed E-state index contributed by atoms with van der Waals surface area (Å²) in [5.41, 5.74) is 16.7. The fourth-order valence-corrected chi connectivity index (χ4v) is 1.84. The van der Waals surface area contributed by atoms with Crippen LogP contribution in [0.3, 0.4) is 0 Å². The maximum Gasteiger partial charge on any atom is 0.138 e. The van der Waals surface area contributed by atoms with Gasteiger partial charge in [0.1, 0.15) is 5.82 Å². The first-order valence-electron chi connectivity index (χ1n) is 5.49. The lowest BCUT2D eigenvalue weighted by Gasteiger charge is -1.96. The third-order valence-electron chi connectivity index (χ3n) is 2.78. The molecule has 5 heteroatoms. The minimum atomic E-state index is 0.606. The van der Waals surface area contributed by atoms with Crippen molar-refractivity contribution in [2.75, 3.05) is 5.73 Å². The van der Waals surface area contributed by atoms with Gasteiger partial charge in [-0.15, -0.1) is 0 Å². The molecule has 0 atom stereocenters. The van der Waals surface area contributed by atoms with Crippen molar-refractivity contribution in [2.45, 2.75) is 0 Å². The number of nitrogens with one attached hydrogen (secondary N) is 2. The molecule has 0 saturated heterocycles. The highest BCUT2D eigenvalue weighted by molar-refractivity contribution is 5.82. The van der Waals surface area contributed by atoms with E-state index in [1.807, 2.05) is 30.3 Å². The predicted octanol–water partition coefficient (Wildman–Crippen LogP) is 3.47. The number of nitrogens with zero attached hydrogens (tertiary/aromatic N) is 2. The lowest BCUT2D eigenvalue weighted by Crippen LogP contribution is -1.84. The Hall–Kier alpha value is -2.69. The molecule has 2 aromatic carbocycles. The molecule has 1 heterocycles. The van der Waals surface area contributed by atoms with E-state index >= 15 is 0 Å². The summed E-state index contributed by atoms with van der Waals surface area (Å²) < 4.78 is 0. The third-order valence-corrected chi connectivity index (χ3v) is 2.78. The number of imidazole rings is 1. The molecule has 0 unspecified atom stereocenters. The standard InChI is InChI=1S/C13H11N5/c14-9-3-1-8(2-4-9)13-16-11-6-5-10(18-15)7-12(11)17-13/h1-7,15H,14H2,(H,16,17). The number of nitrogen functional groups attached to an aromatic ring is 1. The van der Waals surface area contributed by atoms with E-state index in [2.05, 4.69) is 15.1 Å².